The number of hydrogen-bond acceptors (Lipinski definition) is 8. The van der Waals surface area contributed by atoms with Crippen LogP contribution in [0.5, 0.6) is 11.5 Å². The molecule has 0 aromatic heterocycles. The highest BCUT2D eigenvalue weighted by Crippen LogP contribution is 2.26. The lowest BCUT2D eigenvalue weighted by molar-refractivity contribution is -0.142. The Morgan fingerprint density at radius 2 is 1.70 bits per heavy atom. The third kappa shape index (κ3) is 7.69. The average molecular weight is 546 g/mol. The lowest BCUT2D eigenvalue weighted by Gasteiger charge is -2.23. The van der Waals surface area contributed by atoms with Crippen molar-refractivity contribution >= 4 is 45.4 Å². The SMILES string of the molecule is COC(=O)COc1cccc(/C=N/NC(=O)CN(c2ccc(Cl)cc2)S(=O)(=O)c2ccc(OC)cc2)c1. The number of ether oxygens (including phenoxy) is 3. The van der Waals surface area contributed by atoms with Gasteiger partial charge in [0.1, 0.15) is 18.0 Å². The summed E-state index contributed by atoms with van der Waals surface area (Å²) >= 11 is 5.96. The maximum absolute atomic E-state index is 13.4. The first-order valence-electron chi connectivity index (χ1n) is 10.8. The summed E-state index contributed by atoms with van der Waals surface area (Å²) in [7, 11) is -1.39. The fourth-order valence-corrected chi connectivity index (χ4v) is 4.57. The van der Waals surface area contributed by atoms with Gasteiger partial charge in [-0.2, -0.15) is 5.10 Å². The zero-order valence-electron chi connectivity index (χ0n) is 20.0. The van der Waals surface area contributed by atoms with Crippen LogP contribution in [-0.2, 0) is 24.3 Å². The van der Waals surface area contributed by atoms with Crippen LogP contribution in [0.3, 0.4) is 0 Å². The Balaban J connectivity index is 1.75. The van der Waals surface area contributed by atoms with Crippen LogP contribution in [0, 0.1) is 0 Å². The molecule has 0 heterocycles. The normalized spacial score (nSPS) is 11.1. The Bertz CT molecular complexity index is 1360. The van der Waals surface area contributed by atoms with Gasteiger partial charge < -0.3 is 14.2 Å². The van der Waals surface area contributed by atoms with Crippen LogP contribution in [0.25, 0.3) is 0 Å². The van der Waals surface area contributed by atoms with Gasteiger partial charge in [0, 0.05) is 5.02 Å². The van der Waals surface area contributed by atoms with Crippen molar-refractivity contribution in [2.45, 2.75) is 4.90 Å². The van der Waals surface area contributed by atoms with Gasteiger partial charge in [0.2, 0.25) is 0 Å². The van der Waals surface area contributed by atoms with E-state index in [0.29, 0.717) is 22.1 Å². The van der Waals surface area contributed by atoms with Crippen molar-refractivity contribution in [3.63, 3.8) is 0 Å². The van der Waals surface area contributed by atoms with E-state index in [0.717, 1.165) is 4.31 Å². The van der Waals surface area contributed by atoms with E-state index in [1.165, 1.54) is 69.0 Å². The predicted molar refractivity (Wildman–Crippen MR) is 139 cm³/mol. The van der Waals surface area contributed by atoms with Gasteiger partial charge in [-0.3, -0.25) is 9.10 Å². The van der Waals surface area contributed by atoms with Crippen molar-refractivity contribution < 1.29 is 32.2 Å². The third-order valence-electron chi connectivity index (χ3n) is 4.89. The first-order valence-corrected chi connectivity index (χ1v) is 12.6. The van der Waals surface area contributed by atoms with E-state index in [-0.39, 0.29) is 17.2 Å². The van der Waals surface area contributed by atoms with Crippen LogP contribution in [0.4, 0.5) is 5.69 Å². The molecule has 0 aliphatic rings. The number of halogens is 1. The minimum Gasteiger partial charge on any atom is -0.497 e. The van der Waals surface area contributed by atoms with Crippen LogP contribution in [-0.4, -0.2) is 53.9 Å². The van der Waals surface area contributed by atoms with Crippen LogP contribution >= 0.6 is 11.6 Å². The van der Waals surface area contributed by atoms with Crippen LogP contribution in [0.2, 0.25) is 5.02 Å². The van der Waals surface area contributed by atoms with E-state index in [4.69, 9.17) is 21.1 Å². The highest BCUT2D eigenvalue weighted by atomic mass is 35.5. The molecule has 12 heteroatoms. The largest absolute Gasteiger partial charge is 0.497 e. The number of methoxy groups -OCH3 is 2. The maximum atomic E-state index is 13.4. The molecule has 0 bridgehead atoms. The fraction of sp³-hybridized carbons (Fsp3) is 0.160. The molecule has 0 saturated heterocycles. The standard InChI is InChI=1S/C25H24ClN3O7S/c1-34-21-10-12-23(13-11-21)37(32,33)29(20-8-6-19(26)7-9-20)16-24(30)28-27-15-18-4-3-5-22(14-18)36-17-25(31)35-2/h3-15H,16-17H2,1-2H3,(H,28,30)/b27-15+. The van der Waals surface area contributed by atoms with E-state index in [2.05, 4.69) is 15.3 Å². The molecule has 194 valence electrons. The molecule has 1 N–H and O–H groups in total. The van der Waals surface area contributed by atoms with E-state index in [1.807, 2.05) is 0 Å². The lowest BCUT2D eigenvalue weighted by atomic mass is 10.2. The van der Waals surface area contributed by atoms with Crippen molar-refractivity contribution in [1.82, 2.24) is 5.43 Å². The highest BCUT2D eigenvalue weighted by Gasteiger charge is 2.27. The molecule has 0 aliphatic carbocycles. The zero-order chi connectivity index (χ0) is 26.8. The summed E-state index contributed by atoms with van der Waals surface area (Å²) < 4.78 is 42.7. The molecule has 3 aromatic rings. The second-order valence-electron chi connectivity index (χ2n) is 7.39. The fourth-order valence-electron chi connectivity index (χ4n) is 3.03. The average Bonchev–Trinajstić information content (AvgIpc) is 2.91. The second-order valence-corrected chi connectivity index (χ2v) is 9.69. The number of carbonyl (C=O) groups excluding carboxylic acids is 2. The Kier molecular flexibility index (Phi) is 9.47. The van der Waals surface area contributed by atoms with Gasteiger partial charge in [-0.1, -0.05) is 23.7 Å². The van der Waals surface area contributed by atoms with Gasteiger partial charge >= 0.3 is 5.97 Å². The number of nitrogens with zero attached hydrogens (tertiary/aromatic N) is 2. The van der Waals surface area contributed by atoms with E-state index in [9.17, 15) is 18.0 Å². The number of rotatable bonds is 11. The number of anilines is 1. The van der Waals surface area contributed by atoms with Gasteiger partial charge in [0.15, 0.2) is 6.61 Å². The zero-order valence-corrected chi connectivity index (χ0v) is 21.5. The Morgan fingerprint density at radius 3 is 2.35 bits per heavy atom. The molecule has 37 heavy (non-hydrogen) atoms. The summed E-state index contributed by atoms with van der Waals surface area (Å²) in [6.45, 7) is -0.799. The molecule has 10 nitrogen and oxygen atoms in total. The second kappa shape index (κ2) is 12.7. The van der Waals surface area contributed by atoms with Gasteiger partial charge in [0.25, 0.3) is 15.9 Å². The van der Waals surface area contributed by atoms with Gasteiger partial charge in [-0.05, 0) is 66.2 Å². The quantitative estimate of drug-likeness (QED) is 0.223. The number of carbonyl (C=O) groups is 2. The third-order valence-corrected chi connectivity index (χ3v) is 6.93. The first kappa shape index (κ1) is 27.5. The molecule has 0 aliphatic heterocycles. The summed E-state index contributed by atoms with van der Waals surface area (Å²) in [4.78, 5) is 23.9. The molecular weight excluding hydrogens is 522 g/mol. The molecule has 0 saturated carbocycles. The van der Waals surface area contributed by atoms with Crippen LogP contribution in [0.1, 0.15) is 5.56 Å². The monoisotopic (exact) mass is 545 g/mol. The highest BCUT2D eigenvalue weighted by molar-refractivity contribution is 7.92. The van der Waals surface area contributed by atoms with E-state index < -0.39 is 28.4 Å². The van der Waals surface area contributed by atoms with Crippen LogP contribution in [0.15, 0.2) is 82.8 Å². The topological polar surface area (TPSA) is 124 Å². The molecule has 0 spiro atoms. The Morgan fingerprint density at radius 1 is 1.00 bits per heavy atom. The van der Waals surface area contributed by atoms with Gasteiger partial charge in [0.05, 0.1) is 31.0 Å². The molecule has 0 atom stereocenters. The number of benzene rings is 3. The molecule has 3 rings (SSSR count). The molecule has 1 amide bonds. The molecule has 3 aromatic carbocycles. The summed E-state index contributed by atoms with van der Waals surface area (Å²) in [5.74, 6) is -0.313. The van der Waals surface area contributed by atoms with E-state index >= 15 is 0 Å². The Hall–Kier alpha value is -4.09. The number of amides is 1. The van der Waals surface area contributed by atoms with Gasteiger partial charge in [-0.15, -0.1) is 0 Å². The minimum absolute atomic E-state index is 0.0247. The maximum Gasteiger partial charge on any atom is 0.343 e. The molecule has 0 radical (unpaired) electrons. The number of hydrazone groups is 1. The van der Waals surface area contributed by atoms with Gasteiger partial charge in [-0.25, -0.2) is 18.6 Å². The number of esters is 1. The summed E-state index contributed by atoms with van der Waals surface area (Å²) in [5.41, 5.74) is 3.14. The van der Waals surface area contributed by atoms with E-state index in [1.54, 1.807) is 24.3 Å². The molecule has 0 unspecified atom stereocenters. The lowest BCUT2D eigenvalue weighted by Crippen LogP contribution is -2.39. The van der Waals surface area contributed by atoms with Crippen molar-refractivity contribution in [1.29, 1.82) is 0 Å². The molecular formula is C25H24ClN3O7S. The summed E-state index contributed by atoms with van der Waals surface area (Å²) in [6, 6.07) is 18.5. The van der Waals surface area contributed by atoms with Crippen LogP contribution < -0.4 is 19.2 Å². The predicted octanol–water partition coefficient (Wildman–Crippen LogP) is 3.25. The number of sulfonamides is 1. The smallest absolute Gasteiger partial charge is 0.343 e. The van der Waals surface area contributed by atoms with Crippen molar-refractivity contribution in [2.24, 2.45) is 5.10 Å². The Labute approximate surface area is 219 Å². The molecule has 0 fully saturated rings. The number of hydrogen-bond donors (Lipinski definition) is 1. The van der Waals surface area contributed by atoms with Crippen molar-refractivity contribution in [3.05, 3.63) is 83.4 Å². The number of nitrogens with one attached hydrogen (secondary N) is 1. The minimum atomic E-state index is -4.12. The summed E-state index contributed by atoms with van der Waals surface area (Å²) in [6.07, 6.45) is 1.35. The van der Waals surface area contributed by atoms with Crippen molar-refractivity contribution in [2.75, 3.05) is 31.7 Å². The first-order chi connectivity index (χ1) is 17.7. The summed E-state index contributed by atoms with van der Waals surface area (Å²) in [5, 5.41) is 4.32. The van der Waals surface area contributed by atoms with Crippen molar-refractivity contribution in [3.8, 4) is 11.5 Å².